The van der Waals surface area contributed by atoms with Crippen molar-refractivity contribution in [2.24, 2.45) is 0 Å². The summed E-state index contributed by atoms with van der Waals surface area (Å²) in [6.07, 6.45) is 0. The van der Waals surface area contributed by atoms with E-state index in [0.717, 1.165) is 77.0 Å². The van der Waals surface area contributed by atoms with Gasteiger partial charge in [-0.05, 0) is 61.9 Å². The molecular formula is C50H34N3OP. The van der Waals surface area contributed by atoms with Crippen LogP contribution in [0.5, 0.6) is 0 Å². The molecule has 1 atom stereocenters. The van der Waals surface area contributed by atoms with Gasteiger partial charge in [-0.2, -0.15) is 0 Å². The Morgan fingerprint density at radius 3 is 1.35 bits per heavy atom. The summed E-state index contributed by atoms with van der Waals surface area (Å²) in [5, 5.41) is 4.17. The molecule has 0 radical (unpaired) electrons. The summed E-state index contributed by atoms with van der Waals surface area (Å²) in [4.78, 5) is 14.9. The number of benzene rings is 8. The fourth-order valence-electron chi connectivity index (χ4n) is 8.01. The highest BCUT2D eigenvalue weighted by Crippen LogP contribution is 2.53. The summed E-state index contributed by atoms with van der Waals surface area (Å²) < 4.78 is 14.5. The quantitative estimate of drug-likeness (QED) is 0.160. The van der Waals surface area contributed by atoms with Crippen LogP contribution in [0.4, 0.5) is 0 Å². The van der Waals surface area contributed by atoms with Crippen molar-refractivity contribution in [3.05, 3.63) is 188 Å². The van der Waals surface area contributed by atoms with Crippen LogP contribution in [-0.2, 0) is 4.57 Å². The van der Waals surface area contributed by atoms with Gasteiger partial charge in [0.2, 0.25) is 0 Å². The van der Waals surface area contributed by atoms with E-state index < -0.39 is 7.14 Å². The van der Waals surface area contributed by atoms with E-state index in [1.807, 2.05) is 61.3 Å². The Bertz CT molecular complexity index is 2940. The average Bonchev–Trinajstić information content (AvgIpc) is 3.50. The first-order valence-corrected chi connectivity index (χ1v) is 20.6. The molecule has 5 heteroatoms. The summed E-state index contributed by atoms with van der Waals surface area (Å²) in [6.45, 7) is 1.92. The molecular weight excluding hydrogens is 690 g/mol. The van der Waals surface area contributed by atoms with E-state index >= 15 is 0 Å². The third-order valence-electron chi connectivity index (χ3n) is 10.7. The van der Waals surface area contributed by atoms with Gasteiger partial charge >= 0.3 is 0 Å². The third kappa shape index (κ3) is 5.71. The predicted octanol–water partition coefficient (Wildman–Crippen LogP) is 12.0. The number of hydrogen-bond acceptors (Lipinski definition) is 4. The molecule has 0 aliphatic carbocycles. The van der Waals surface area contributed by atoms with Crippen molar-refractivity contribution in [1.29, 1.82) is 0 Å². The maximum absolute atomic E-state index is 14.5. The van der Waals surface area contributed by atoms with Gasteiger partial charge in [0.15, 0.2) is 17.5 Å². The molecule has 1 aliphatic rings. The summed E-state index contributed by atoms with van der Waals surface area (Å²) in [5.41, 5.74) is 11.6. The van der Waals surface area contributed by atoms with Crippen molar-refractivity contribution in [2.45, 2.75) is 0 Å². The molecule has 1 aromatic heterocycles. The van der Waals surface area contributed by atoms with Crippen molar-refractivity contribution in [1.82, 2.24) is 15.0 Å². The molecule has 1 unspecified atom stereocenters. The zero-order chi connectivity index (χ0) is 36.9. The Balaban J connectivity index is 1.04. The third-order valence-corrected chi connectivity index (χ3v) is 13.3. The number of nitrogens with zero attached hydrogens (tertiary/aromatic N) is 3. The predicted molar refractivity (Wildman–Crippen MR) is 228 cm³/mol. The fraction of sp³-hybridized carbons (Fsp3) is 0.0200. The zero-order valence-electron chi connectivity index (χ0n) is 30.1. The van der Waals surface area contributed by atoms with E-state index in [-0.39, 0.29) is 0 Å². The van der Waals surface area contributed by atoms with Gasteiger partial charge in [-0.3, -0.25) is 0 Å². The maximum atomic E-state index is 14.5. The van der Waals surface area contributed by atoms with Gasteiger partial charge in [-0.15, -0.1) is 0 Å². The Kier molecular flexibility index (Phi) is 7.94. The molecule has 10 rings (SSSR count). The fourth-order valence-corrected chi connectivity index (χ4v) is 10.6. The highest BCUT2D eigenvalue weighted by atomic mass is 31.2. The Morgan fingerprint density at radius 2 is 0.727 bits per heavy atom. The summed E-state index contributed by atoms with van der Waals surface area (Å²) in [7, 11) is -2.79. The number of fused-ring (bicyclic) bond motifs is 4. The molecule has 0 saturated carbocycles. The lowest BCUT2D eigenvalue weighted by Gasteiger charge is -2.17. The Labute approximate surface area is 320 Å². The molecule has 0 bridgehead atoms. The van der Waals surface area contributed by atoms with Gasteiger partial charge in [-0.1, -0.05) is 188 Å². The topological polar surface area (TPSA) is 55.7 Å². The van der Waals surface area contributed by atoms with Gasteiger partial charge < -0.3 is 4.57 Å². The molecule has 0 N–H and O–H groups in total. The molecule has 9 aromatic rings. The summed E-state index contributed by atoms with van der Waals surface area (Å²) in [6, 6.07) is 64.7. The molecule has 4 nitrogen and oxygen atoms in total. The molecule has 0 spiro atoms. The second-order valence-corrected chi connectivity index (χ2v) is 16.8. The van der Waals surface area contributed by atoms with Crippen LogP contribution in [0.2, 0.25) is 0 Å². The largest absolute Gasteiger partial charge is 0.314 e. The SMILES string of the molecule is CP1(=O)c2ccccc2-c2cccc(-c3ccc(-c4ccc(-c5nc(-c6ccccc6)nc(-c6ccc(-c7ccccc7)cc6)n5)cc4)c4ccccc34)c21. The number of hydrogen-bond donors (Lipinski definition) is 0. The smallest absolute Gasteiger partial charge is 0.164 e. The van der Waals surface area contributed by atoms with Crippen molar-refractivity contribution < 1.29 is 4.57 Å². The molecule has 55 heavy (non-hydrogen) atoms. The van der Waals surface area contributed by atoms with E-state index in [4.69, 9.17) is 15.0 Å². The average molecular weight is 724 g/mol. The minimum absolute atomic E-state index is 0.616. The second-order valence-electron chi connectivity index (χ2n) is 14.0. The van der Waals surface area contributed by atoms with Crippen LogP contribution in [0.25, 0.3) is 89.4 Å². The van der Waals surface area contributed by atoms with Crippen LogP contribution in [0.15, 0.2) is 188 Å². The highest BCUT2D eigenvalue weighted by Gasteiger charge is 2.37. The Morgan fingerprint density at radius 1 is 0.327 bits per heavy atom. The van der Waals surface area contributed by atoms with Crippen LogP contribution in [0, 0.1) is 0 Å². The standard InChI is InChI=1S/C50H34N3OP/c1-55(54)46-22-11-10-19-43(46)45-21-12-20-44(47(45)55)42-32-31-39(40-17-8-9-18-41(40)42)35-25-29-38(30-26-35)50-52-48(36-15-6-3-7-16-36)51-49(53-50)37-27-23-34(24-28-37)33-13-4-2-5-14-33/h2-32H,1H3. The monoisotopic (exact) mass is 723 g/mol. The molecule has 0 fully saturated rings. The van der Waals surface area contributed by atoms with E-state index in [1.54, 1.807) is 0 Å². The molecule has 8 aromatic carbocycles. The maximum Gasteiger partial charge on any atom is 0.164 e. The van der Waals surface area contributed by atoms with Gasteiger partial charge in [-0.25, -0.2) is 15.0 Å². The molecule has 1 aliphatic heterocycles. The number of aromatic nitrogens is 3. The molecule has 0 amide bonds. The lowest BCUT2D eigenvalue weighted by molar-refractivity contribution is 0.591. The lowest BCUT2D eigenvalue weighted by Crippen LogP contribution is -2.11. The van der Waals surface area contributed by atoms with Gasteiger partial charge in [0.1, 0.15) is 7.14 Å². The second kappa shape index (κ2) is 13.3. The minimum Gasteiger partial charge on any atom is -0.314 e. The van der Waals surface area contributed by atoms with Crippen molar-refractivity contribution in [2.75, 3.05) is 6.66 Å². The normalized spacial score (nSPS) is 14.4. The summed E-state index contributed by atoms with van der Waals surface area (Å²) in [5.74, 6) is 1.87. The van der Waals surface area contributed by atoms with Crippen molar-refractivity contribution >= 4 is 28.5 Å². The molecule has 0 saturated heterocycles. The first-order chi connectivity index (χ1) is 27.0. The van der Waals surface area contributed by atoms with E-state index in [1.165, 1.54) is 5.56 Å². The van der Waals surface area contributed by atoms with E-state index in [2.05, 4.69) is 133 Å². The van der Waals surface area contributed by atoms with Crippen LogP contribution in [0.3, 0.4) is 0 Å². The van der Waals surface area contributed by atoms with Crippen LogP contribution >= 0.6 is 7.14 Å². The molecule has 260 valence electrons. The first kappa shape index (κ1) is 32.9. The summed E-state index contributed by atoms with van der Waals surface area (Å²) >= 11 is 0. The van der Waals surface area contributed by atoms with Crippen molar-refractivity contribution in [3.8, 4) is 78.7 Å². The number of rotatable bonds is 6. The lowest BCUT2D eigenvalue weighted by atomic mass is 9.90. The van der Waals surface area contributed by atoms with Crippen LogP contribution in [0.1, 0.15) is 0 Å². The Hall–Kier alpha value is -6.74. The van der Waals surface area contributed by atoms with Crippen LogP contribution < -0.4 is 10.6 Å². The van der Waals surface area contributed by atoms with Gasteiger partial charge in [0.25, 0.3) is 0 Å². The van der Waals surface area contributed by atoms with E-state index in [0.29, 0.717) is 17.5 Å². The highest BCUT2D eigenvalue weighted by molar-refractivity contribution is 7.79. The first-order valence-electron chi connectivity index (χ1n) is 18.4. The minimum atomic E-state index is -2.79. The van der Waals surface area contributed by atoms with Crippen molar-refractivity contribution in [3.63, 3.8) is 0 Å². The van der Waals surface area contributed by atoms with Gasteiger partial charge in [0, 0.05) is 27.3 Å². The molecule has 2 heterocycles. The van der Waals surface area contributed by atoms with Crippen LogP contribution in [-0.4, -0.2) is 21.6 Å². The van der Waals surface area contributed by atoms with E-state index in [9.17, 15) is 4.57 Å². The zero-order valence-corrected chi connectivity index (χ0v) is 31.0. The van der Waals surface area contributed by atoms with Gasteiger partial charge in [0.05, 0.1) is 0 Å².